The number of ether oxygens (including phenoxy) is 2. The van der Waals surface area contributed by atoms with Crippen LogP contribution in [0, 0.1) is 20.8 Å². The minimum Gasteiger partial charge on any atom is -0.347 e. The van der Waals surface area contributed by atoms with Gasteiger partial charge in [0.05, 0.1) is 13.2 Å². The van der Waals surface area contributed by atoms with Crippen LogP contribution in [0.1, 0.15) is 45.7 Å². The molecule has 4 rings (SSSR count). The minimum atomic E-state index is -0.453. The molecule has 27 heavy (non-hydrogen) atoms. The van der Waals surface area contributed by atoms with Gasteiger partial charge in [-0.3, -0.25) is 4.79 Å². The number of hydrogen-bond donors (Lipinski definition) is 0. The number of likely N-dealkylation sites (tertiary alicyclic amines) is 1. The maximum Gasteiger partial charge on any atom is 0.270 e. The normalized spacial score (nSPS) is 19.0. The van der Waals surface area contributed by atoms with Gasteiger partial charge in [0.2, 0.25) is 0 Å². The lowest BCUT2D eigenvalue weighted by atomic mass is 10.0. The third-order valence-electron chi connectivity index (χ3n) is 5.78. The topological polar surface area (TPSA) is 43.7 Å². The number of amides is 1. The van der Waals surface area contributed by atoms with Crippen LogP contribution < -0.4 is 0 Å². The Morgan fingerprint density at radius 3 is 2.30 bits per heavy atom. The molecule has 0 atom stereocenters. The van der Waals surface area contributed by atoms with Gasteiger partial charge in [-0.1, -0.05) is 29.8 Å². The number of carbonyl (C=O) groups excluding carboxylic acids is 1. The van der Waals surface area contributed by atoms with Gasteiger partial charge < -0.3 is 18.9 Å². The quantitative estimate of drug-likeness (QED) is 0.834. The molecule has 0 unspecified atom stereocenters. The van der Waals surface area contributed by atoms with Crippen LogP contribution in [0.15, 0.2) is 30.3 Å². The van der Waals surface area contributed by atoms with Crippen molar-refractivity contribution in [3.8, 4) is 0 Å². The van der Waals surface area contributed by atoms with E-state index in [9.17, 15) is 4.79 Å². The highest BCUT2D eigenvalue weighted by Gasteiger charge is 2.41. The molecule has 2 fully saturated rings. The zero-order chi connectivity index (χ0) is 19.0. The summed E-state index contributed by atoms with van der Waals surface area (Å²) < 4.78 is 13.7. The molecule has 1 aromatic heterocycles. The van der Waals surface area contributed by atoms with Crippen LogP contribution in [-0.2, 0) is 16.0 Å². The number of nitrogens with zero attached hydrogens (tertiary/aromatic N) is 2. The Kier molecular flexibility index (Phi) is 4.82. The van der Waals surface area contributed by atoms with E-state index in [0.29, 0.717) is 32.8 Å². The molecule has 1 spiro atoms. The van der Waals surface area contributed by atoms with Crippen LogP contribution in [0.5, 0.6) is 0 Å². The van der Waals surface area contributed by atoms with Crippen LogP contribution in [0.25, 0.3) is 0 Å². The van der Waals surface area contributed by atoms with Gasteiger partial charge in [0.15, 0.2) is 5.79 Å². The number of benzene rings is 1. The molecular weight excluding hydrogens is 340 g/mol. The Bertz CT molecular complexity index is 822. The van der Waals surface area contributed by atoms with E-state index in [0.717, 1.165) is 29.8 Å². The Labute approximate surface area is 160 Å². The average Bonchev–Trinajstić information content (AvgIpc) is 3.21. The van der Waals surface area contributed by atoms with Crippen molar-refractivity contribution in [1.82, 2.24) is 9.47 Å². The van der Waals surface area contributed by atoms with E-state index in [4.69, 9.17) is 9.47 Å². The van der Waals surface area contributed by atoms with E-state index in [2.05, 4.69) is 48.7 Å². The van der Waals surface area contributed by atoms with Crippen LogP contribution in [-0.4, -0.2) is 47.5 Å². The fraction of sp³-hybridized carbons (Fsp3) is 0.500. The average molecular weight is 368 g/mol. The number of aryl methyl sites for hydroxylation is 3. The molecule has 2 aromatic rings. The van der Waals surface area contributed by atoms with Crippen molar-refractivity contribution < 1.29 is 14.3 Å². The molecule has 5 heteroatoms. The van der Waals surface area contributed by atoms with Crippen molar-refractivity contribution in [2.75, 3.05) is 26.3 Å². The van der Waals surface area contributed by atoms with Gasteiger partial charge in [-0.05, 0) is 38.0 Å². The number of piperidine rings is 1. The van der Waals surface area contributed by atoms with E-state index in [1.165, 1.54) is 11.1 Å². The lowest BCUT2D eigenvalue weighted by Gasteiger charge is -2.37. The fourth-order valence-electron chi connectivity index (χ4n) is 4.20. The zero-order valence-corrected chi connectivity index (χ0v) is 16.5. The second-order valence-electron chi connectivity index (χ2n) is 7.79. The number of carbonyl (C=O) groups is 1. The van der Waals surface area contributed by atoms with Crippen LogP contribution in [0.3, 0.4) is 0 Å². The Morgan fingerprint density at radius 2 is 1.67 bits per heavy atom. The maximum absolute atomic E-state index is 13.3. The van der Waals surface area contributed by atoms with Crippen LogP contribution >= 0.6 is 0 Å². The predicted octanol–water partition coefficient (Wildman–Crippen LogP) is 3.44. The molecule has 0 N–H and O–H groups in total. The number of aromatic nitrogens is 1. The van der Waals surface area contributed by atoms with Crippen molar-refractivity contribution in [3.05, 3.63) is 58.4 Å². The Morgan fingerprint density at radius 1 is 1.04 bits per heavy atom. The van der Waals surface area contributed by atoms with Gasteiger partial charge in [0.25, 0.3) is 5.91 Å². The molecule has 3 heterocycles. The fourth-order valence-corrected chi connectivity index (χ4v) is 4.20. The molecule has 1 aromatic carbocycles. The lowest BCUT2D eigenvalue weighted by Crippen LogP contribution is -2.47. The summed E-state index contributed by atoms with van der Waals surface area (Å²) in [6.07, 6.45) is 1.49. The van der Waals surface area contributed by atoms with Gasteiger partial charge in [-0.2, -0.15) is 0 Å². The first-order valence-electron chi connectivity index (χ1n) is 9.77. The molecule has 2 saturated heterocycles. The number of rotatable bonds is 3. The third-order valence-corrected chi connectivity index (χ3v) is 5.78. The van der Waals surface area contributed by atoms with Crippen molar-refractivity contribution in [3.63, 3.8) is 0 Å². The molecular formula is C22H28N2O3. The lowest BCUT2D eigenvalue weighted by molar-refractivity contribution is -0.181. The SMILES string of the molecule is Cc1ccc(Cn2c(C)cc(C)c2C(=O)N2CCC3(CC2)OCCO3)cc1. The van der Waals surface area contributed by atoms with Crippen molar-refractivity contribution >= 4 is 5.91 Å². The van der Waals surface area contributed by atoms with Crippen molar-refractivity contribution in [1.29, 1.82) is 0 Å². The van der Waals surface area contributed by atoms with E-state index in [1.54, 1.807) is 0 Å². The smallest absolute Gasteiger partial charge is 0.270 e. The van der Waals surface area contributed by atoms with E-state index in [1.807, 2.05) is 11.8 Å². The second kappa shape index (κ2) is 7.13. The summed E-state index contributed by atoms with van der Waals surface area (Å²) in [7, 11) is 0. The minimum absolute atomic E-state index is 0.112. The van der Waals surface area contributed by atoms with Gasteiger partial charge in [0, 0.05) is 38.2 Å². The second-order valence-corrected chi connectivity index (χ2v) is 7.79. The van der Waals surface area contributed by atoms with Gasteiger partial charge >= 0.3 is 0 Å². The molecule has 144 valence electrons. The predicted molar refractivity (Wildman–Crippen MR) is 104 cm³/mol. The van der Waals surface area contributed by atoms with E-state index < -0.39 is 5.79 Å². The van der Waals surface area contributed by atoms with E-state index in [-0.39, 0.29) is 5.91 Å². The third kappa shape index (κ3) is 3.54. The first-order chi connectivity index (χ1) is 13.0. The van der Waals surface area contributed by atoms with Crippen molar-refractivity contribution in [2.45, 2.75) is 45.9 Å². The molecule has 2 aliphatic rings. The van der Waals surface area contributed by atoms with Crippen LogP contribution in [0.2, 0.25) is 0 Å². The highest BCUT2D eigenvalue weighted by Crippen LogP contribution is 2.32. The summed E-state index contributed by atoms with van der Waals surface area (Å²) in [5.74, 6) is -0.341. The van der Waals surface area contributed by atoms with Gasteiger partial charge in [0.1, 0.15) is 5.69 Å². The molecule has 0 saturated carbocycles. The monoisotopic (exact) mass is 368 g/mol. The first-order valence-corrected chi connectivity index (χ1v) is 9.77. The van der Waals surface area contributed by atoms with E-state index >= 15 is 0 Å². The Hall–Kier alpha value is -2.11. The summed E-state index contributed by atoms with van der Waals surface area (Å²) in [5, 5.41) is 0. The molecule has 0 radical (unpaired) electrons. The summed E-state index contributed by atoms with van der Waals surface area (Å²) in [5.41, 5.74) is 5.41. The summed E-state index contributed by atoms with van der Waals surface area (Å²) in [6.45, 7) is 9.57. The van der Waals surface area contributed by atoms with Crippen molar-refractivity contribution in [2.24, 2.45) is 0 Å². The Balaban J connectivity index is 1.54. The molecule has 2 aliphatic heterocycles. The first kappa shape index (κ1) is 18.3. The highest BCUT2D eigenvalue weighted by molar-refractivity contribution is 5.94. The standard InChI is InChI=1S/C22H28N2O3/c1-16-4-6-19(7-5-16)15-24-18(3)14-17(2)20(24)21(25)23-10-8-22(9-11-23)26-12-13-27-22/h4-7,14H,8-13,15H2,1-3H3. The molecule has 0 aliphatic carbocycles. The summed E-state index contributed by atoms with van der Waals surface area (Å²) >= 11 is 0. The zero-order valence-electron chi connectivity index (χ0n) is 16.5. The number of hydrogen-bond acceptors (Lipinski definition) is 3. The van der Waals surface area contributed by atoms with Gasteiger partial charge in [-0.15, -0.1) is 0 Å². The summed E-state index contributed by atoms with van der Waals surface area (Å²) in [6, 6.07) is 10.6. The largest absolute Gasteiger partial charge is 0.347 e. The van der Waals surface area contributed by atoms with Crippen LogP contribution in [0.4, 0.5) is 0 Å². The molecule has 0 bridgehead atoms. The van der Waals surface area contributed by atoms with Gasteiger partial charge in [-0.25, -0.2) is 0 Å². The maximum atomic E-state index is 13.3. The summed E-state index contributed by atoms with van der Waals surface area (Å²) in [4.78, 5) is 15.3. The molecule has 1 amide bonds. The highest BCUT2D eigenvalue weighted by atomic mass is 16.7. The molecule has 5 nitrogen and oxygen atoms in total.